The molecule has 0 saturated carbocycles. The Kier molecular flexibility index (Phi) is 5.55. The van der Waals surface area contributed by atoms with Crippen molar-refractivity contribution in [2.45, 2.75) is 25.4 Å². The van der Waals surface area contributed by atoms with Crippen LogP contribution in [0.25, 0.3) is 5.69 Å². The largest absolute Gasteiger partial charge is 0.396 e. The number of hydrogen-bond donors (Lipinski definition) is 1. The Morgan fingerprint density at radius 1 is 1.20 bits per heavy atom. The maximum absolute atomic E-state index is 9.09. The van der Waals surface area contributed by atoms with E-state index >= 15 is 0 Å². The molecule has 5 nitrogen and oxygen atoms in total. The van der Waals surface area contributed by atoms with Crippen molar-refractivity contribution in [3.63, 3.8) is 0 Å². The van der Waals surface area contributed by atoms with Gasteiger partial charge in [-0.15, -0.1) is 5.10 Å². The van der Waals surface area contributed by atoms with E-state index in [4.69, 9.17) is 5.11 Å². The number of rotatable bonds is 7. The van der Waals surface area contributed by atoms with Crippen molar-refractivity contribution in [3.05, 3.63) is 30.3 Å². The van der Waals surface area contributed by atoms with Crippen LogP contribution >= 0.6 is 11.8 Å². The molecular formula is C14H20N4OS. The first-order chi connectivity index (χ1) is 9.70. The van der Waals surface area contributed by atoms with Crippen LogP contribution in [0.5, 0.6) is 0 Å². The van der Waals surface area contributed by atoms with Gasteiger partial charge >= 0.3 is 0 Å². The standard InChI is InChI=1S/C14H20N4OS/c1-11(9-19)8-12(2)10-20-14-15-16-17-18(14)13-6-4-3-5-7-13/h3-7,11-12,19H,8-10H2,1-2H3. The first-order valence-corrected chi connectivity index (χ1v) is 7.76. The van der Waals surface area contributed by atoms with Gasteiger partial charge in [0.2, 0.25) is 5.16 Å². The number of aromatic nitrogens is 4. The number of para-hydroxylation sites is 1. The minimum absolute atomic E-state index is 0.247. The molecule has 20 heavy (non-hydrogen) atoms. The predicted molar refractivity (Wildman–Crippen MR) is 79.9 cm³/mol. The molecule has 0 aliphatic rings. The third-order valence-electron chi connectivity index (χ3n) is 3.06. The number of thioether (sulfide) groups is 1. The van der Waals surface area contributed by atoms with E-state index in [0.717, 1.165) is 23.0 Å². The number of tetrazole rings is 1. The van der Waals surface area contributed by atoms with E-state index in [2.05, 4.69) is 29.4 Å². The smallest absolute Gasteiger partial charge is 0.214 e. The second-order valence-electron chi connectivity index (χ2n) is 5.15. The number of nitrogens with zero attached hydrogens (tertiary/aromatic N) is 4. The van der Waals surface area contributed by atoms with Gasteiger partial charge < -0.3 is 5.11 Å². The number of hydrogen-bond acceptors (Lipinski definition) is 5. The first kappa shape index (κ1) is 15.0. The highest BCUT2D eigenvalue weighted by Crippen LogP contribution is 2.23. The molecule has 0 aliphatic carbocycles. The van der Waals surface area contributed by atoms with E-state index in [9.17, 15) is 0 Å². The molecule has 2 unspecified atom stereocenters. The van der Waals surface area contributed by atoms with Crippen molar-refractivity contribution in [2.75, 3.05) is 12.4 Å². The van der Waals surface area contributed by atoms with Crippen molar-refractivity contribution in [1.82, 2.24) is 20.2 Å². The Hall–Kier alpha value is -1.40. The third-order valence-corrected chi connectivity index (χ3v) is 4.30. The fraction of sp³-hybridized carbons (Fsp3) is 0.500. The topological polar surface area (TPSA) is 63.8 Å². The Morgan fingerprint density at radius 2 is 1.95 bits per heavy atom. The molecule has 1 N–H and O–H groups in total. The number of aliphatic hydroxyl groups is 1. The van der Waals surface area contributed by atoms with E-state index < -0.39 is 0 Å². The van der Waals surface area contributed by atoms with Crippen LogP contribution in [0.15, 0.2) is 35.5 Å². The summed E-state index contributed by atoms with van der Waals surface area (Å²) in [6, 6.07) is 9.88. The summed E-state index contributed by atoms with van der Waals surface area (Å²) in [7, 11) is 0. The SMILES string of the molecule is CC(CO)CC(C)CSc1nnnn1-c1ccccc1. The Morgan fingerprint density at radius 3 is 2.65 bits per heavy atom. The van der Waals surface area contributed by atoms with Crippen molar-refractivity contribution in [1.29, 1.82) is 0 Å². The van der Waals surface area contributed by atoms with Gasteiger partial charge in [0.15, 0.2) is 0 Å². The predicted octanol–water partition coefficient (Wildman–Crippen LogP) is 2.41. The fourth-order valence-corrected chi connectivity index (χ4v) is 2.97. The second kappa shape index (κ2) is 7.40. The van der Waals surface area contributed by atoms with Crippen LogP contribution in [0.4, 0.5) is 0 Å². The monoisotopic (exact) mass is 292 g/mol. The van der Waals surface area contributed by atoms with Crippen LogP contribution < -0.4 is 0 Å². The zero-order valence-corrected chi connectivity index (χ0v) is 12.6. The van der Waals surface area contributed by atoms with Gasteiger partial charge in [-0.25, -0.2) is 0 Å². The van der Waals surface area contributed by atoms with Gasteiger partial charge in [-0.1, -0.05) is 43.8 Å². The van der Waals surface area contributed by atoms with Gasteiger partial charge in [0.1, 0.15) is 0 Å². The van der Waals surface area contributed by atoms with Crippen LogP contribution in [0, 0.1) is 11.8 Å². The van der Waals surface area contributed by atoms with Crippen LogP contribution in [0.1, 0.15) is 20.3 Å². The number of benzene rings is 1. The van der Waals surface area contributed by atoms with Crippen LogP contribution in [0.2, 0.25) is 0 Å². The third kappa shape index (κ3) is 4.05. The molecule has 1 aromatic carbocycles. The molecule has 108 valence electrons. The molecule has 2 rings (SSSR count). The lowest BCUT2D eigenvalue weighted by Gasteiger charge is -2.14. The highest BCUT2D eigenvalue weighted by atomic mass is 32.2. The normalized spacial score (nSPS) is 14.2. The summed E-state index contributed by atoms with van der Waals surface area (Å²) in [5.41, 5.74) is 0.969. The molecule has 2 aromatic rings. The Bertz CT molecular complexity index is 517. The molecule has 0 amide bonds. The van der Waals surface area contributed by atoms with E-state index in [1.54, 1.807) is 16.4 Å². The van der Waals surface area contributed by atoms with E-state index in [-0.39, 0.29) is 6.61 Å². The van der Waals surface area contributed by atoms with Gasteiger partial charge in [-0.2, -0.15) is 4.68 Å². The van der Waals surface area contributed by atoms with Gasteiger partial charge in [0, 0.05) is 12.4 Å². The first-order valence-electron chi connectivity index (χ1n) is 6.78. The molecule has 0 saturated heterocycles. The van der Waals surface area contributed by atoms with Gasteiger partial charge in [-0.05, 0) is 40.8 Å². The molecule has 6 heteroatoms. The van der Waals surface area contributed by atoms with Crippen LogP contribution in [-0.2, 0) is 0 Å². The lowest BCUT2D eigenvalue weighted by Crippen LogP contribution is -2.09. The summed E-state index contributed by atoms with van der Waals surface area (Å²) in [6.45, 7) is 4.50. The van der Waals surface area contributed by atoms with Gasteiger partial charge in [-0.3, -0.25) is 0 Å². The average molecular weight is 292 g/mol. The maximum atomic E-state index is 9.09. The van der Waals surface area contributed by atoms with E-state index in [1.807, 2.05) is 30.3 Å². The molecule has 0 radical (unpaired) electrons. The molecular weight excluding hydrogens is 272 g/mol. The van der Waals surface area contributed by atoms with E-state index in [1.165, 1.54) is 0 Å². The van der Waals surface area contributed by atoms with Crippen molar-refractivity contribution < 1.29 is 5.11 Å². The number of aliphatic hydroxyl groups excluding tert-OH is 1. The van der Waals surface area contributed by atoms with Crippen molar-refractivity contribution in [2.24, 2.45) is 11.8 Å². The lowest BCUT2D eigenvalue weighted by molar-refractivity contribution is 0.219. The molecule has 1 aromatic heterocycles. The zero-order valence-electron chi connectivity index (χ0n) is 11.8. The molecule has 0 bridgehead atoms. The second-order valence-corrected chi connectivity index (χ2v) is 6.14. The summed E-state index contributed by atoms with van der Waals surface area (Å²) < 4.78 is 1.76. The minimum Gasteiger partial charge on any atom is -0.396 e. The molecule has 1 heterocycles. The van der Waals surface area contributed by atoms with Crippen molar-refractivity contribution in [3.8, 4) is 5.69 Å². The van der Waals surface area contributed by atoms with Crippen LogP contribution in [0.3, 0.4) is 0 Å². The molecule has 0 spiro atoms. The minimum atomic E-state index is 0.247. The quantitative estimate of drug-likeness (QED) is 0.794. The van der Waals surface area contributed by atoms with Gasteiger partial charge in [0.25, 0.3) is 0 Å². The zero-order chi connectivity index (χ0) is 14.4. The fourth-order valence-electron chi connectivity index (χ4n) is 2.05. The van der Waals surface area contributed by atoms with E-state index in [0.29, 0.717) is 11.8 Å². The highest BCUT2D eigenvalue weighted by molar-refractivity contribution is 7.99. The van der Waals surface area contributed by atoms with Crippen molar-refractivity contribution >= 4 is 11.8 Å². The summed E-state index contributed by atoms with van der Waals surface area (Å²) in [4.78, 5) is 0. The van der Waals surface area contributed by atoms with Crippen LogP contribution in [-0.4, -0.2) is 37.7 Å². The summed E-state index contributed by atoms with van der Waals surface area (Å²) in [6.07, 6.45) is 1.01. The molecule has 2 atom stereocenters. The summed E-state index contributed by atoms with van der Waals surface area (Å²) >= 11 is 1.65. The maximum Gasteiger partial charge on any atom is 0.214 e. The highest BCUT2D eigenvalue weighted by Gasteiger charge is 2.13. The summed E-state index contributed by atoms with van der Waals surface area (Å²) in [5, 5.41) is 21.8. The Labute approximate surface area is 123 Å². The molecule has 0 fully saturated rings. The Balaban J connectivity index is 1.96. The molecule has 0 aliphatic heterocycles. The summed E-state index contributed by atoms with van der Waals surface area (Å²) in [5.74, 6) is 1.80. The lowest BCUT2D eigenvalue weighted by atomic mass is 10.00. The van der Waals surface area contributed by atoms with Gasteiger partial charge in [0.05, 0.1) is 5.69 Å². The average Bonchev–Trinajstić information content (AvgIpc) is 2.94.